The van der Waals surface area contributed by atoms with Crippen LogP contribution < -0.4 is 16.0 Å². The number of aromatic nitrogens is 2. The monoisotopic (exact) mass is 479 g/mol. The Morgan fingerprint density at radius 2 is 1.83 bits per heavy atom. The molecule has 6 N–H and O–H groups in total. The van der Waals surface area contributed by atoms with E-state index in [1.54, 1.807) is 42.5 Å². The quantitative estimate of drug-likeness (QED) is 0.256. The maximum Gasteiger partial charge on any atom is 0.326 e. The Morgan fingerprint density at radius 3 is 2.46 bits per heavy atom. The second kappa shape index (κ2) is 11.0. The number of nitrogens with two attached hydrogens (primary N) is 1. The lowest BCUT2D eigenvalue weighted by molar-refractivity contribution is -0.140. The minimum Gasteiger partial charge on any atom is -0.493 e. The van der Waals surface area contributed by atoms with E-state index in [1.807, 2.05) is 11.0 Å². The number of fused-ring (bicyclic) bond motifs is 1. The predicted molar refractivity (Wildman–Crippen MR) is 129 cm³/mol. The van der Waals surface area contributed by atoms with E-state index in [0.717, 1.165) is 11.3 Å². The molecule has 0 aliphatic heterocycles. The molecule has 0 unspecified atom stereocenters. The van der Waals surface area contributed by atoms with Gasteiger partial charge in [-0.2, -0.15) is 4.98 Å². The first-order valence-corrected chi connectivity index (χ1v) is 10.6. The van der Waals surface area contributed by atoms with Crippen molar-refractivity contribution in [1.82, 2.24) is 15.3 Å². The van der Waals surface area contributed by atoms with Crippen LogP contribution in [0.15, 0.2) is 55.1 Å². The third-order valence-corrected chi connectivity index (χ3v) is 5.23. The fourth-order valence-corrected chi connectivity index (χ4v) is 3.50. The Balaban J connectivity index is 1.75. The zero-order chi connectivity index (χ0) is 25.5. The van der Waals surface area contributed by atoms with E-state index in [-0.39, 0.29) is 30.2 Å². The summed E-state index contributed by atoms with van der Waals surface area (Å²) in [5, 5.41) is 30.9. The summed E-state index contributed by atoms with van der Waals surface area (Å²) in [7, 11) is 0. The molecule has 35 heavy (non-hydrogen) atoms. The molecule has 0 saturated carbocycles. The molecule has 1 aromatic heterocycles. The standard InChI is InChI=1S/C24H25N5O6/c1-2-11-29(13-14-3-8-18-17(12-14)22(33)28-24(25)27-18)16-6-4-15(5-7-16)21(32)26-19(23(34)35)9-10-20(30)31/h2-8,12,19H,1,9-11,13H2,(H,26,32)(H,30,31)(H,34,35)(H3,25,27,28,33)/t19-/m0/s1. The van der Waals surface area contributed by atoms with Gasteiger partial charge >= 0.3 is 11.9 Å². The molecular weight excluding hydrogens is 454 g/mol. The number of rotatable bonds is 11. The van der Waals surface area contributed by atoms with Crippen molar-refractivity contribution in [3.63, 3.8) is 0 Å². The van der Waals surface area contributed by atoms with Gasteiger partial charge in [0.1, 0.15) is 6.04 Å². The number of anilines is 2. The molecule has 2 aromatic carbocycles. The largest absolute Gasteiger partial charge is 0.493 e. The zero-order valence-corrected chi connectivity index (χ0v) is 18.7. The highest BCUT2D eigenvalue weighted by molar-refractivity contribution is 5.97. The summed E-state index contributed by atoms with van der Waals surface area (Å²) in [5.41, 5.74) is 7.98. The second-order valence-electron chi connectivity index (χ2n) is 7.77. The molecule has 0 saturated heterocycles. The summed E-state index contributed by atoms with van der Waals surface area (Å²) >= 11 is 0. The molecule has 1 amide bonds. The van der Waals surface area contributed by atoms with E-state index in [1.165, 1.54) is 0 Å². The molecule has 3 rings (SSSR count). The van der Waals surface area contributed by atoms with Crippen LogP contribution in [0.25, 0.3) is 10.9 Å². The molecule has 0 fully saturated rings. The van der Waals surface area contributed by atoms with E-state index >= 15 is 0 Å². The van der Waals surface area contributed by atoms with Crippen LogP contribution in [0.3, 0.4) is 0 Å². The Kier molecular flexibility index (Phi) is 7.82. The van der Waals surface area contributed by atoms with Gasteiger partial charge in [-0.3, -0.25) is 9.59 Å². The third-order valence-electron chi connectivity index (χ3n) is 5.23. The number of hydrogen-bond acceptors (Lipinski definition) is 8. The number of amides is 1. The lowest BCUT2D eigenvalue weighted by Crippen LogP contribution is -2.41. The molecule has 0 aliphatic rings. The fraction of sp³-hybridized carbons (Fsp3) is 0.208. The summed E-state index contributed by atoms with van der Waals surface area (Å²) in [6.45, 7) is 4.73. The third kappa shape index (κ3) is 6.44. The van der Waals surface area contributed by atoms with Gasteiger partial charge in [-0.05, 0) is 48.4 Å². The first-order chi connectivity index (χ1) is 16.7. The van der Waals surface area contributed by atoms with Crippen LogP contribution in [-0.4, -0.2) is 55.7 Å². The van der Waals surface area contributed by atoms with Crippen molar-refractivity contribution in [2.24, 2.45) is 0 Å². The molecule has 1 heterocycles. The van der Waals surface area contributed by atoms with Crippen molar-refractivity contribution in [2.75, 3.05) is 17.2 Å². The topological polar surface area (TPSA) is 179 Å². The van der Waals surface area contributed by atoms with Gasteiger partial charge in [-0.1, -0.05) is 12.1 Å². The molecule has 11 nitrogen and oxygen atoms in total. The van der Waals surface area contributed by atoms with Crippen molar-refractivity contribution < 1.29 is 29.7 Å². The molecule has 0 aliphatic carbocycles. The second-order valence-corrected chi connectivity index (χ2v) is 7.77. The smallest absolute Gasteiger partial charge is 0.326 e. The Morgan fingerprint density at radius 1 is 1.11 bits per heavy atom. The van der Waals surface area contributed by atoms with Gasteiger partial charge in [0.05, 0.1) is 10.9 Å². The minimum absolute atomic E-state index is 0.0169. The van der Waals surface area contributed by atoms with Crippen LogP contribution in [0.4, 0.5) is 11.6 Å². The van der Waals surface area contributed by atoms with Crippen molar-refractivity contribution in [3.8, 4) is 5.88 Å². The number of aromatic hydroxyl groups is 1. The van der Waals surface area contributed by atoms with Gasteiger partial charge in [0.15, 0.2) is 0 Å². The van der Waals surface area contributed by atoms with Gasteiger partial charge in [-0.25, -0.2) is 9.78 Å². The first-order valence-electron chi connectivity index (χ1n) is 10.6. The number of carbonyl (C=O) groups excluding carboxylic acids is 1. The number of nitrogens with one attached hydrogen (secondary N) is 1. The minimum atomic E-state index is -1.31. The average molecular weight is 479 g/mol. The van der Waals surface area contributed by atoms with Crippen molar-refractivity contribution in [2.45, 2.75) is 25.4 Å². The van der Waals surface area contributed by atoms with Gasteiger partial charge in [-0.15, -0.1) is 6.58 Å². The lowest BCUT2D eigenvalue weighted by atomic mass is 10.1. The Labute approximate surface area is 200 Å². The normalized spacial score (nSPS) is 11.5. The van der Waals surface area contributed by atoms with E-state index in [2.05, 4.69) is 21.9 Å². The van der Waals surface area contributed by atoms with Crippen LogP contribution >= 0.6 is 0 Å². The lowest BCUT2D eigenvalue weighted by Gasteiger charge is -2.24. The summed E-state index contributed by atoms with van der Waals surface area (Å²) in [5.74, 6) is -3.29. The highest BCUT2D eigenvalue weighted by Crippen LogP contribution is 2.25. The number of benzene rings is 2. The van der Waals surface area contributed by atoms with Gasteiger partial charge in [0, 0.05) is 30.8 Å². The highest BCUT2D eigenvalue weighted by atomic mass is 16.4. The molecule has 0 bridgehead atoms. The summed E-state index contributed by atoms with van der Waals surface area (Å²) in [6.07, 6.45) is 1.13. The Bertz CT molecular complexity index is 1260. The maximum atomic E-state index is 12.5. The molecule has 3 aromatic rings. The van der Waals surface area contributed by atoms with Crippen LogP contribution in [0.2, 0.25) is 0 Å². The molecule has 1 atom stereocenters. The van der Waals surface area contributed by atoms with E-state index in [0.29, 0.717) is 24.0 Å². The van der Waals surface area contributed by atoms with E-state index in [4.69, 9.17) is 10.8 Å². The zero-order valence-electron chi connectivity index (χ0n) is 18.7. The molecule has 0 spiro atoms. The number of carboxylic acids is 2. The van der Waals surface area contributed by atoms with Crippen molar-refractivity contribution in [1.29, 1.82) is 0 Å². The van der Waals surface area contributed by atoms with Crippen molar-refractivity contribution in [3.05, 3.63) is 66.2 Å². The fourth-order valence-electron chi connectivity index (χ4n) is 3.50. The van der Waals surface area contributed by atoms with Gasteiger partial charge in [0.25, 0.3) is 5.91 Å². The Hall–Kier alpha value is -4.67. The van der Waals surface area contributed by atoms with Crippen LogP contribution in [0.1, 0.15) is 28.8 Å². The van der Waals surface area contributed by atoms with E-state index < -0.39 is 23.9 Å². The van der Waals surface area contributed by atoms with E-state index in [9.17, 15) is 24.6 Å². The van der Waals surface area contributed by atoms with Crippen LogP contribution in [-0.2, 0) is 16.1 Å². The molecule has 11 heteroatoms. The first kappa shape index (κ1) is 25.0. The number of carboxylic acid groups (broad SMARTS) is 2. The van der Waals surface area contributed by atoms with Crippen LogP contribution in [0.5, 0.6) is 5.88 Å². The number of hydrogen-bond donors (Lipinski definition) is 5. The number of nitrogens with zero attached hydrogens (tertiary/aromatic N) is 3. The molecule has 182 valence electrons. The summed E-state index contributed by atoms with van der Waals surface area (Å²) in [6, 6.07) is 10.6. The maximum absolute atomic E-state index is 12.5. The number of carbonyl (C=O) groups is 3. The van der Waals surface area contributed by atoms with Gasteiger partial charge in [0.2, 0.25) is 11.8 Å². The highest BCUT2D eigenvalue weighted by Gasteiger charge is 2.21. The van der Waals surface area contributed by atoms with Crippen molar-refractivity contribution >= 4 is 40.4 Å². The molecule has 0 radical (unpaired) electrons. The van der Waals surface area contributed by atoms with Crippen LogP contribution in [0, 0.1) is 0 Å². The SMILES string of the molecule is C=CCN(Cc1ccc2nc(N)nc(O)c2c1)c1ccc(C(=O)N[C@@H](CCC(=O)O)C(=O)O)cc1. The molecular formula is C24H25N5O6. The summed E-state index contributed by atoms with van der Waals surface area (Å²) < 4.78 is 0. The number of aliphatic carboxylic acids is 2. The number of nitrogen functional groups attached to an aromatic ring is 1. The summed E-state index contributed by atoms with van der Waals surface area (Å²) in [4.78, 5) is 44.4. The predicted octanol–water partition coefficient (Wildman–Crippen LogP) is 2.16. The van der Waals surface area contributed by atoms with Gasteiger partial charge < -0.3 is 31.3 Å². The average Bonchev–Trinajstić information content (AvgIpc) is 2.81.